The first-order chi connectivity index (χ1) is 13.0. The van der Waals surface area contributed by atoms with E-state index in [9.17, 15) is 13.6 Å². The van der Waals surface area contributed by atoms with Gasteiger partial charge in [-0.15, -0.1) is 2.78 Å². The lowest BCUT2D eigenvalue weighted by Gasteiger charge is -2.06. The first-order valence-electron chi connectivity index (χ1n) is 7.96. The number of ether oxygens (including phenoxy) is 1. The van der Waals surface area contributed by atoms with Gasteiger partial charge in [-0.1, -0.05) is 0 Å². The molecular formula is C20H15F2IN2O2+2. The van der Waals surface area contributed by atoms with Gasteiger partial charge in [0.15, 0.2) is 12.4 Å². The molecule has 4 nitrogen and oxygen atoms in total. The molecule has 0 aliphatic rings. The van der Waals surface area contributed by atoms with Crippen molar-refractivity contribution in [2.75, 3.05) is 0 Å². The van der Waals surface area contributed by atoms with Gasteiger partial charge >= 0.3 is 28.8 Å². The Kier molecular flexibility index (Phi) is 5.90. The number of carbonyl (C=O) groups excluding carboxylic acids is 1. The standard InChI is InChI=1S/C20H15F2IN2O2/c1-24-9-4-2-7-18(24)20(26)27-11-8-14-12-15(21)13-16(22)19(14)17-6-3-5-10-25(17)23/h2-13H,1H3/q+2/b11-8+. The highest BCUT2D eigenvalue weighted by molar-refractivity contribution is 14.1. The molecular weight excluding hydrogens is 465 g/mol. The molecule has 0 unspecified atom stereocenters. The van der Waals surface area contributed by atoms with Crippen molar-refractivity contribution in [3.63, 3.8) is 0 Å². The lowest BCUT2D eigenvalue weighted by molar-refractivity contribution is -0.674. The van der Waals surface area contributed by atoms with E-state index in [1.807, 2.05) is 22.9 Å². The molecule has 3 rings (SSSR count). The highest BCUT2D eigenvalue weighted by Crippen LogP contribution is 2.27. The van der Waals surface area contributed by atoms with Gasteiger partial charge in [0.1, 0.15) is 18.7 Å². The van der Waals surface area contributed by atoms with Crippen LogP contribution < -0.4 is 7.35 Å². The molecule has 0 aliphatic carbocycles. The van der Waals surface area contributed by atoms with E-state index < -0.39 is 17.6 Å². The number of halogens is 3. The molecule has 0 fully saturated rings. The van der Waals surface area contributed by atoms with Crippen molar-refractivity contribution in [1.82, 2.24) is 0 Å². The Balaban J connectivity index is 1.93. The first-order valence-corrected chi connectivity index (χ1v) is 8.92. The summed E-state index contributed by atoms with van der Waals surface area (Å²) in [7, 11) is 1.72. The van der Waals surface area contributed by atoms with E-state index >= 15 is 0 Å². The van der Waals surface area contributed by atoms with Gasteiger partial charge < -0.3 is 4.74 Å². The molecule has 0 saturated carbocycles. The largest absolute Gasteiger partial charge is 0.426 e. The van der Waals surface area contributed by atoms with Gasteiger partial charge in [0.2, 0.25) is 5.69 Å². The molecule has 3 aromatic rings. The highest BCUT2D eigenvalue weighted by Gasteiger charge is 2.20. The van der Waals surface area contributed by atoms with Crippen LogP contribution in [0, 0.1) is 11.6 Å². The summed E-state index contributed by atoms with van der Waals surface area (Å²) in [5.41, 5.74) is 1.37. The Morgan fingerprint density at radius 2 is 1.85 bits per heavy atom. The first kappa shape index (κ1) is 19.1. The minimum atomic E-state index is -0.715. The molecule has 136 valence electrons. The Bertz CT molecular complexity index is 1040. The fourth-order valence-electron chi connectivity index (χ4n) is 2.57. The summed E-state index contributed by atoms with van der Waals surface area (Å²) >= 11 is 2.01. The van der Waals surface area contributed by atoms with Crippen LogP contribution in [0.2, 0.25) is 0 Å². The summed E-state index contributed by atoms with van der Waals surface area (Å²) in [6, 6.07) is 12.4. The summed E-state index contributed by atoms with van der Waals surface area (Å²) in [6.45, 7) is 0. The van der Waals surface area contributed by atoms with Gasteiger partial charge in [-0.05, 0) is 29.8 Å². The molecule has 2 heterocycles. The number of aryl methyl sites for hydroxylation is 1. The fourth-order valence-corrected chi connectivity index (χ4v) is 3.16. The van der Waals surface area contributed by atoms with E-state index in [4.69, 9.17) is 4.74 Å². The molecule has 0 amide bonds. The van der Waals surface area contributed by atoms with E-state index in [1.54, 1.807) is 63.2 Å². The number of pyridine rings is 2. The Morgan fingerprint density at radius 1 is 1.11 bits per heavy atom. The summed E-state index contributed by atoms with van der Waals surface area (Å²) in [4.78, 5) is 12.2. The van der Waals surface area contributed by atoms with Gasteiger partial charge in [0.05, 0.1) is 11.8 Å². The van der Waals surface area contributed by atoms with Crippen LogP contribution in [-0.4, -0.2) is 5.97 Å². The minimum absolute atomic E-state index is 0.212. The molecule has 27 heavy (non-hydrogen) atoms. The zero-order chi connectivity index (χ0) is 19.4. The van der Waals surface area contributed by atoms with Gasteiger partial charge in [0.25, 0.3) is 5.69 Å². The monoisotopic (exact) mass is 480 g/mol. The number of rotatable bonds is 4. The topological polar surface area (TPSA) is 34.1 Å². The third kappa shape index (κ3) is 4.36. The maximum Gasteiger partial charge on any atom is 0.408 e. The molecule has 0 spiro atoms. The van der Waals surface area contributed by atoms with Crippen molar-refractivity contribution in [2.45, 2.75) is 0 Å². The van der Waals surface area contributed by atoms with Gasteiger partial charge in [-0.2, -0.15) is 4.57 Å². The molecule has 2 aromatic heterocycles. The summed E-state index contributed by atoms with van der Waals surface area (Å²) in [6.07, 6.45) is 5.97. The third-order valence-electron chi connectivity index (χ3n) is 3.84. The normalized spacial score (nSPS) is 11.0. The summed E-state index contributed by atoms with van der Waals surface area (Å²) < 4.78 is 36.6. The van der Waals surface area contributed by atoms with Crippen molar-refractivity contribution in [3.05, 3.63) is 90.1 Å². The zero-order valence-electron chi connectivity index (χ0n) is 14.3. The van der Waals surface area contributed by atoms with Gasteiger partial charge in [0, 0.05) is 30.3 Å². The van der Waals surface area contributed by atoms with Gasteiger partial charge in [-0.25, -0.2) is 13.6 Å². The lowest BCUT2D eigenvalue weighted by atomic mass is 10.0. The minimum Gasteiger partial charge on any atom is -0.426 e. The van der Waals surface area contributed by atoms with Crippen LogP contribution in [0.1, 0.15) is 16.1 Å². The number of hydrogen-bond donors (Lipinski definition) is 0. The predicted octanol–water partition coefficient (Wildman–Crippen LogP) is 3.77. The number of benzene rings is 1. The van der Waals surface area contributed by atoms with Crippen LogP contribution in [0.3, 0.4) is 0 Å². The number of hydrogen-bond acceptors (Lipinski definition) is 2. The lowest BCUT2D eigenvalue weighted by Crippen LogP contribution is -2.35. The Labute approximate surface area is 168 Å². The van der Waals surface area contributed by atoms with E-state index in [0.29, 0.717) is 11.4 Å². The van der Waals surface area contributed by atoms with Crippen molar-refractivity contribution in [2.24, 2.45) is 7.05 Å². The van der Waals surface area contributed by atoms with Crippen molar-refractivity contribution in [3.8, 4) is 11.3 Å². The quantitative estimate of drug-likeness (QED) is 0.247. The summed E-state index contributed by atoms with van der Waals surface area (Å²) in [5, 5.41) is 0. The van der Waals surface area contributed by atoms with E-state index in [1.165, 1.54) is 12.1 Å². The van der Waals surface area contributed by atoms with Crippen LogP contribution in [0.25, 0.3) is 17.3 Å². The SMILES string of the molecule is C[n+]1ccccc1C(=O)O/C=C/c1cc(F)cc(F)c1-c1cccc[n+]1I. The second-order valence-corrected chi connectivity index (χ2v) is 6.69. The fraction of sp³-hybridized carbons (Fsp3) is 0.0500. The second-order valence-electron chi connectivity index (χ2n) is 5.65. The van der Waals surface area contributed by atoms with Gasteiger partial charge in [-0.3, -0.25) is 0 Å². The number of aromatic nitrogens is 2. The summed E-state index contributed by atoms with van der Waals surface area (Å²) in [5.74, 6) is -1.99. The predicted molar refractivity (Wildman–Crippen MR) is 103 cm³/mol. The molecule has 0 aliphatic heterocycles. The maximum absolute atomic E-state index is 14.5. The second kappa shape index (κ2) is 8.34. The van der Waals surface area contributed by atoms with Crippen LogP contribution in [0.5, 0.6) is 0 Å². The zero-order valence-corrected chi connectivity index (χ0v) is 16.4. The van der Waals surface area contributed by atoms with Crippen molar-refractivity contribution in [1.29, 1.82) is 0 Å². The highest BCUT2D eigenvalue weighted by atomic mass is 127. The molecule has 7 heteroatoms. The number of carbonyl (C=O) groups is 1. The van der Waals surface area contributed by atoms with Crippen molar-refractivity contribution < 1.29 is 25.7 Å². The van der Waals surface area contributed by atoms with E-state index in [-0.39, 0.29) is 11.1 Å². The van der Waals surface area contributed by atoms with Crippen LogP contribution in [0.4, 0.5) is 8.78 Å². The number of nitrogens with zero attached hydrogens (tertiary/aromatic N) is 2. The molecule has 0 bridgehead atoms. The van der Waals surface area contributed by atoms with E-state index in [2.05, 4.69) is 0 Å². The smallest absolute Gasteiger partial charge is 0.408 e. The Morgan fingerprint density at radius 3 is 2.59 bits per heavy atom. The molecule has 0 atom stereocenters. The van der Waals surface area contributed by atoms with E-state index in [0.717, 1.165) is 12.3 Å². The average molecular weight is 480 g/mol. The maximum atomic E-state index is 14.5. The average Bonchev–Trinajstić information content (AvgIpc) is 2.63. The third-order valence-corrected chi connectivity index (χ3v) is 4.68. The van der Waals surface area contributed by atoms with Crippen molar-refractivity contribution >= 4 is 34.9 Å². The van der Waals surface area contributed by atoms with Crippen LogP contribution in [-0.2, 0) is 11.8 Å². The molecule has 0 saturated heterocycles. The number of esters is 1. The van der Waals surface area contributed by atoms with Crippen LogP contribution in [0.15, 0.2) is 67.2 Å². The molecule has 0 N–H and O–H groups in total. The van der Waals surface area contributed by atoms with Crippen LogP contribution >= 0.6 is 22.9 Å². The molecule has 0 radical (unpaired) electrons. The Hall–Kier alpha value is -2.68. The molecule has 1 aromatic carbocycles.